The van der Waals surface area contributed by atoms with E-state index in [1.165, 1.54) is 11.1 Å². The molecule has 2 aliphatic heterocycles. The fourth-order valence-electron chi connectivity index (χ4n) is 2.46. The maximum Gasteiger partial charge on any atom is 0.0936 e. The Hall–Kier alpha value is -0.900. The van der Waals surface area contributed by atoms with Crippen molar-refractivity contribution in [1.82, 2.24) is 4.90 Å². The van der Waals surface area contributed by atoms with Crippen LogP contribution in [-0.4, -0.2) is 37.4 Å². The van der Waals surface area contributed by atoms with Crippen LogP contribution in [0.3, 0.4) is 0 Å². The summed E-state index contributed by atoms with van der Waals surface area (Å²) < 4.78 is 11.1. The van der Waals surface area contributed by atoms with Gasteiger partial charge in [0.25, 0.3) is 0 Å². The van der Waals surface area contributed by atoms with Crippen molar-refractivity contribution in [3.63, 3.8) is 0 Å². The first-order chi connectivity index (χ1) is 7.92. The van der Waals surface area contributed by atoms with Gasteiger partial charge in [-0.1, -0.05) is 24.3 Å². The van der Waals surface area contributed by atoms with Gasteiger partial charge in [-0.3, -0.25) is 4.90 Å². The summed E-state index contributed by atoms with van der Waals surface area (Å²) in [6.07, 6.45) is 0.253. The van der Waals surface area contributed by atoms with E-state index in [9.17, 15) is 0 Å². The lowest BCUT2D eigenvalue weighted by Crippen LogP contribution is -2.37. The van der Waals surface area contributed by atoms with Gasteiger partial charge >= 0.3 is 0 Å². The SMILES string of the molecule is c1ccc2c(c1)CN(CC1COCCO1)C2. The highest BCUT2D eigenvalue weighted by molar-refractivity contribution is 5.30. The fourth-order valence-corrected chi connectivity index (χ4v) is 2.46. The Morgan fingerprint density at radius 3 is 2.50 bits per heavy atom. The van der Waals surface area contributed by atoms with Crippen molar-refractivity contribution in [3.8, 4) is 0 Å². The molecular weight excluding hydrogens is 202 g/mol. The molecule has 1 aromatic carbocycles. The molecule has 0 bridgehead atoms. The first-order valence-corrected chi connectivity index (χ1v) is 5.90. The maximum absolute atomic E-state index is 5.67. The van der Waals surface area contributed by atoms with Gasteiger partial charge < -0.3 is 9.47 Å². The normalized spacial score (nSPS) is 25.6. The lowest BCUT2D eigenvalue weighted by molar-refractivity contribution is -0.0980. The second-order valence-electron chi connectivity index (χ2n) is 4.51. The average molecular weight is 219 g/mol. The van der Waals surface area contributed by atoms with Gasteiger partial charge in [-0.2, -0.15) is 0 Å². The fraction of sp³-hybridized carbons (Fsp3) is 0.538. The van der Waals surface area contributed by atoms with E-state index in [2.05, 4.69) is 29.2 Å². The van der Waals surface area contributed by atoms with Crippen LogP contribution >= 0.6 is 0 Å². The van der Waals surface area contributed by atoms with Gasteiger partial charge in [-0.05, 0) is 11.1 Å². The molecule has 1 unspecified atom stereocenters. The first-order valence-electron chi connectivity index (χ1n) is 5.90. The van der Waals surface area contributed by atoms with Crippen LogP contribution in [0.5, 0.6) is 0 Å². The topological polar surface area (TPSA) is 21.7 Å². The van der Waals surface area contributed by atoms with Crippen LogP contribution in [0, 0.1) is 0 Å². The smallest absolute Gasteiger partial charge is 0.0936 e. The highest BCUT2D eigenvalue weighted by Gasteiger charge is 2.23. The molecule has 1 saturated heterocycles. The molecule has 0 amide bonds. The summed E-state index contributed by atoms with van der Waals surface area (Å²) in [7, 11) is 0. The lowest BCUT2D eigenvalue weighted by Gasteiger charge is -2.27. The van der Waals surface area contributed by atoms with Crippen LogP contribution in [-0.2, 0) is 22.6 Å². The van der Waals surface area contributed by atoms with Crippen molar-refractivity contribution in [1.29, 1.82) is 0 Å². The van der Waals surface area contributed by atoms with E-state index in [0.29, 0.717) is 0 Å². The zero-order valence-corrected chi connectivity index (χ0v) is 9.39. The van der Waals surface area contributed by atoms with Crippen molar-refractivity contribution < 1.29 is 9.47 Å². The van der Waals surface area contributed by atoms with Crippen molar-refractivity contribution in [2.75, 3.05) is 26.4 Å². The van der Waals surface area contributed by atoms with E-state index >= 15 is 0 Å². The summed E-state index contributed by atoms with van der Waals surface area (Å²) in [5.74, 6) is 0. The van der Waals surface area contributed by atoms with Crippen LogP contribution in [0.25, 0.3) is 0 Å². The van der Waals surface area contributed by atoms with Crippen LogP contribution in [0.4, 0.5) is 0 Å². The van der Waals surface area contributed by atoms with Crippen molar-refractivity contribution in [2.24, 2.45) is 0 Å². The molecule has 0 aliphatic carbocycles. The summed E-state index contributed by atoms with van der Waals surface area (Å²) in [6, 6.07) is 8.66. The predicted octanol–water partition coefficient (Wildman–Crippen LogP) is 1.42. The lowest BCUT2D eigenvalue weighted by atomic mass is 10.1. The molecule has 3 nitrogen and oxygen atoms in total. The predicted molar refractivity (Wildman–Crippen MR) is 61.1 cm³/mol. The van der Waals surface area contributed by atoms with Crippen LogP contribution in [0.2, 0.25) is 0 Å². The third-order valence-corrected chi connectivity index (χ3v) is 3.25. The molecular formula is C13H17NO2. The minimum Gasteiger partial charge on any atom is -0.376 e. The monoisotopic (exact) mass is 219 g/mol. The number of fused-ring (bicyclic) bond motifs is 1. The van der Waals surface area contributed by atoms with E-state index in [4.69, 9.17) is 9.47 Å². The Bertz CT molecular complexity index is 336. The molecule has 0 spiro atoms. The molecule has 2 aliphatic rings. The minimum absolute atomic E-state index is 0.253. The molecule has 16 heavy (non-hydrogen) atoms. The zero-order chi connectivity index (χ0) is 10.8. The van der Waals surface area contributed by atoms with E-state index in [0.717, 1.165) is 39.5 Å². The molecule has 0 saturated carbocycles. The van der Waals surface area contributed by atoms with Gasteiger partial charge in [0.1, 0.15) is 0 Å². The average Bonchev–Trinajstić information content (AvgIpc) is 2.72. The number of nitrogens with zero attached hydrogens (tertiary/aromatic N) is 1. The molecule has 0 aromatic heterocycles. The molecule has 1 fully saturated rings. The summed E-state index contributed by atoms with van der Waals surface area (Å²) in [4.78, 5) is 2.43. The minimum atomic E-state index is 0.253. The number of hydrogen-bond donors (Lipinski definition) is 0. The highest BCUT2D eigenvalue weighted by Crippen LogP contribution is 2.22. The Morgan fingerprint density at radius 1 is 1.12 bits per heavy atom. The standard InChI is InChI=1S/C13H17NO2/c1-2-4-12-8-14(7-11(12)3-1)9-13-10-15-5-6-16-13/h1-4,13H,5-10H2. The van der Waals surface area contributed by atoms with Gasteiger partial charge in [0, 0.05) is 19.6 Å². The van der Waals surface area contributed by atoms with Gasteiger partial charge in [-0.15, -0.1) is 0 Å². The Morgan fingerprint density at radius 2 is 1.88 bits per heavy atom. The van der Waals surface area contributed by atoms with Crippen LogP contribution < -0.4 is 0 Å². The van der Waals surface area contributed by atoms with Crippen LogP contribution in [0.1, 0.15) is 11.1 Å². The molecule has 1 atom stereocenters. The Balaban J connectivity index is 1.59. The summed E-state index contributed by atoms with van der Waals surface area (Å²) >= 11 is 0. The number of hydrogen-bond acceptors (Lipinski definition) is 3. The molecule has 2 heterocycles. The summed E-state index contributed by atoms with van der Waals surface area (Å²) in [6.45, 7) is 5.32. The van der Waals surface area contributed by atoms with E-state index in [-0.39, 0.29) is 6.10 Å². The number of benzene rings is 1. The molecule has 0 N–H and O–H groups in total. The zero-order valence-electron chi connectivity index (χ0n) is 9.39. The summed E-state index contributed by atoms with van der Waals surface area (Å²) in [5.41, 5.74) is 2.92. The van der Waals surface area contributed by atoms with E-state index < -0.39 is 0 Å². The molecule has 3 heteroatoms. The summed E-state index contributed by atoms with van der Waals surface area (Å²) in [5, 5.41) is 0. The van der Waals surface area contributed by atoms with Gasteiger partial charge in [0.05, 0.1) is 25.9 Å². The molecule has 86 valence electrons. The number of rotatable bonds is 2. The van der Waals surface area contributed by atoms with E-state index in [1.54, 1.807) is 0 Å². The molecule has 0 radical (unpaired) electrons. The second kappa shape index (κ2) is 4.53. The van der Waals surface area contributed by atoms with Crippen LogP contribution in [0.15, 0.2) is 24.3 Å². The molecule has 3 rings (SSSR count). The maximum atomic E-state index is 5.67. The quantitative estimate of drug-likeness (QED) is 0.751. The molecule has 1 aromatic rings. The van der Waals surface area contributed by atoms with E-state index in [1.807, 2.05) is 0 Å². The first kappa shape index (κ1) is 10.3. The highest BCUT2D eigenvalue weighted by atomic mass is 16.6. The van der Waals surface area contributed by atoms with Gasteiger partial charge in [0.2, 0.25) is 0 Å². The van der Waals surface area contributed by atoms with Crippen molar-refractivity contribution in [3.05, 3.63) is 35.4 Å². The third kappa shape index (κ3) is 2.12. The van der Waals surface area contributed by atoms with Gasteiger partial charge in [-0.25, -0.2) is 0 Å². The van der Waals surface area contributed by atoms with Crippen molar-refractivity contribution >= 4 is 0 Å². The largest absolute Gasteiger partial charge is 0.376 e. The van der Waals surface area contributed by atoms with Gasteiger partial charge in [0.15, 0.2) is 0 Å². The Kier molecular flexibility index (Phi) is 2.91. The second-order valence-corrected chi connectivity index (χ2v) is 4.51. The third-order valence-electron chi connectivity index (χ3n) is 3.25. The Labute approximate surface area is 96.0 Å². The number of ether oxygens (including phenoxy) is 2. The van der Waals surface area contributed by atoms with Crippen molar-refractivity contribution in [2.45, 2.75) is 19.2 Å².